The molecule has 2 atom stereocenters. The second-order valence-corrected chi connectivity index (χ2v) is 6.89. The topological polar surface area (TPSA) is 67.4 Å². The number of hydrogen-bond acceptors (Lipinski definition) is 5. The first kappa shape index (κ1) is 19.8. The van der Waals surface area contributed by atoms with Gasteiger partial charge in [0.15, 0.2) is 17.5 Å². The van der Waals surface area contributed by atoms with E-state index in [2.05, 4.69) is 22.5 Å². The molecule has 0 bridgehead atoms. The molecule has 2 saturated heterocycles. The van der Waals surface area contributed by atoms with E-state index in [1.807, 2.05) is 25.1 Å². The molecule has 1 aromatic carbocycles. The van der Waals surface area contributed by atoms with Gasteiger partial charge in [0.05, 0.1) is 33.0 Å². The second kappa shape index (κ2) is 9.80. The summed E-state index contributed by atoms with van der Waals surface area (Å²) in [6, 6.07) is 6.41. The highest BCUT2D eigenvalue weighted by molar-refractivity contribution is 5.93. The van der Waals surface area contributed by atoms with Crippen LogP contribution in [-0.2, 0) is 4.74 Å². The number of benzene rings is 1. The van der Waals surface area contributed by atoms with Crippen LogP contribution in [0.3, 0.4) is 0 Å². The normalized spacial score (nSPS) is 23.0. The molecule has 2 unspecified atom stereocenters. The van der Waals surface area contributed by atoms with Crippen molar-refractivity contribution in [3.05, 3.63) is 18.2 Å². The monoisotopic (exact) mass is 376 g/mol. The molecular formula is C20H32N4O3. The van der Waals surface area contributed by atoms with Gasteiger partial charge < -0.3 is 24.8 Å². The van der Waals surface area contributed by atoms with Crippen molar-refractivity contribution >= 4 is 11.6 Å². The second-order valence-electron chi connectivity index (χ2n) is 6.89. The van der Waals surface area contributed by atoms with Crippen LogP contribution >= 0.6 is 0 Å². The number of ether oxygens (including phenoxy) is 3. The number of nitrogens with one attached hydrogen (secondary N) is 2. The van der Waals surface area contributed by atoms with Crippen molar-refractivity contribution in [1.29, 1.82) is 0 Å². The van der Waals surface area contributed by atoms with Gasteiger partial charge in [-0.3, -0.25) is 9.89 Å². The van der Waals surface area contributed by atoms with Crippen LogP contribution in [0.2, 0.25) is 0 Å². The third-order valence-electron chi connectivity index (χ3n) is 4.98. The summed E-state index contributed by atoms with van der Waals surface area (Å²) in [5.74, 6) is 2.19. The quantitative estimate of drug-likeness (QED) is 0.562. The third-order valence-corrected chi connectivity index (χ3v) is 4.98. The predicted molar refractivity (Wildman–Crippen MR) is 108 cm³/mol. The van der Waals surface area contributed by atoms with Gasteiger partial charge in [-0.15, -0.1) is 0 Å². The largest absolute Gasteiger partial charge is 0.493 e. The number of fused-ring (bicyclic) bond motifs is 1. The number of rotatable bonds is 7. The lowest BCUT2D eigenvalue weighted by Gasteiger charge is -2.34. The summed E-state index contributed by atoms with van der Waals surface area (Å²) in [6.45, 7) is 9.06. The van der Waals surface area contributed by atoms with Crippen molar-refractivity contribution in [3.8, 4) is 11.5 Å². The third kappa shape index (κ3) is 5.26. The van der Waals surface area contributed by atoms with Crippen molar-refractivity contribution in [2.75, 3.05) is 51.8 Å². The Morgan fingerprint density at radius 1 is 1.33 bits per heavy atom. The zero-order valence-corrected chi connectivity index (χ0v) is 16.7. The molecule has 2 heterocycles. The average molecular weight is 377 g/mol. The highest BCUT2D eigenvalue weighted by Gasteiger charge is 2.31. The van der Waals surface area contributed by atoms with E-state index in [0.717, 1.165) is 37.1 Å². The minimum atomic E-state index is 0.157. The Labute approximate surface area is 162 Å². The van der Waals surface area contributed by atoms with E-state index in [1.54, 1.807) is 7.11 Å². The number of aliphatic imine (C=N–C) groups is 1. The van der Waals surface area contributed by atoms with Gasteiger partial charge in [0.2, 0.25) is 0 Å². The molecule has 0 radical (unpaired) electrons. The number of morpholine rings is 1. The maximum atomic E-state index is 6.01. The van der Waals surface area contributed by atoms with Crippen LogP contribution in [0.15, 0.2) is 23.2 Å². The lowest BCUT2D eigenvalue weighted by molar-refractivity contribution is -0.0431. The van der Waals surface area contributed by atoms with Gasteiger partial charge in [-0.2, -0.15) is 0 Å². The standard InChI is InChI=1S/C20H32N4O3/c1-4-21-20(22-12-17-13-24-10-6-7-16(24)14-27-17)23-15-8-9-18(26-5-2)19(11-15)25-3/h8-9,11,16-17H,4-7,10,12-14H2,1-3H3,(H2,21,22,23). The minimum Gasteiger partial charge on any atom is -0.493 e. The molecule has 3 rings (SSSR count). The van der Waals surface area contributed by atoms with Crippen molar-refractivity contribution in [3.63, 3.8) is 0 Å². The van der Waals surface area contributed by atoms with E-state index >= 15 is 0 Å². The maximum Gasteiger partial charge on any atom is 0.195 e. The Kier molecular flexibility index (Phi) is 7.18. The van der Waals surface area contributed by atoms with Crippen molar-refractivity contribution in [2.45, 2.75) is 38.8 Å². The molecule has 2 aliphatic rings. The molecule has 0 amide bonds. The van der Waals surface area contributed by atoms with E-state index in [-0.39, 0.29) is 6.10 Å². The van der Waals surface area contributed by atoms with Crippen LogP contribution in [0.1, 0.15) is 26.7 Å². The van der Waals surface area contributed by atoms with Crippen LogP contribution in [0.4, 0.5) is 5.69 Å². The van der Waals surface area contributed by atoms with Gasteiger partial charge in [-0.05, 0) is 45.4 Å². The zero-order valence-electron chi connectivity index (χ0n) is 16.7. The first-order valence-electron chi connectivity index (χ1n) is 9.95. The first-order valence-corrected chi connectivity index (χ1v) is 9.95. The fourth-order valence-electron chi connectivity index (χ4n) is 3.65. The molecule has 7 nitrogen and oxygen atoms in total. The molecule has 2 fully saturated rings. The molecule has 0 saturated carbocycles. The lowest BCUT2D eigenvalue weighted by atomic mass is 10.2. The van der Waals surface area contributed by atoms with Crippen LogP contribution < -0.4 is 20.1 Å². The molecule has 0 aliphatic carbocycles. The Bertz CT molecular complexity index is 638. The molecule has 150 valence electrons. The van der Waals surface area contributed by atoms with Crippen LogP contribution in [0.5, 0.6) is 11.5 Å². The average Bonchev–Trinajstić information content (AvgIpc) is 3.15. The van der Waals surface area contributed by atoms with Crippen molar-refractivity contribution < 1.29 is 14.2 Å². The van der Waals surface area contributed by atoms with Gasteiger partial charge in [0.1, 0.15) is 0 Å². The Balaban J connectivity index is 1.62. The zero-order chi connectivity index (χ0) is 19.1. The number of methoxy groups -OCH3 is 1. The fourth-order valence-corrected chi connectivity index (χ4v) is 3.65. The molecule has 0 spiro atoms. The number of hydrogen-bond donors (Lipinski definition) is 2. The van der Waals surface area contributed by atoms with Crippen LogP contribution in [0, 0.1) is 0 Å². The highest BCUT2D eigenvalue weighted by Crippen LogP contribution is 2.30. The summed E-state index contributed by atoms with van der Waals surface area (Å²) >= 11 is 0. The van der Waals surface area contributed by atoms with Crippen LogP contribution in [0.25, 0.3) is 0 Å². The molecule has 2 aliphatic heterocycles. The Morgan fingerprint density at radius 2 is 2.22 bits per heavy atom. The molecular weight excluding hydrogens is 344 g/mol. The Morgan fingerprint density at radius 3 is 3.00 bits per heavy atom. The highest BCUT2D eigenvalue weighted by atomic mass is 16.5. The summed E-state index contributed by atoms with van der Waals surface area (Å²) in [7, 11) is 1.65. The van der Waals surface area contributed by atoms with E-state index in [0.29, 0.717) is 24.9 Å². The van der Waals surface area contributed by atoms with Crippen molar-refractivity contribution in [1.82, 2.24) is 10.2 Å². The molecule has 27 heavy (non-hydrogen) atoms. The fraction of sp³-hybridized carbons (Fsp3) is 0.650. The van der Waals surface area contributed by atoms with Crippen molar-refractivity contribution in [2.24, 2.45) is 4.99 Å². The Hall–Kier alpha value is -1.99. The molecule has 2 N–H and O–H groups in total. The molecule has 7 heteroatoms. The number of nitrogens with zero attached hydrogens (tertiary/aromatic N) is 2. The summed E-state index contributed by atoms with van der Waals surface area (Å²) in [4.78, 5) is 7.27. The number of anilines is 1. The van der Waals surface area contributed by atoms with Gasteiger partial charge in [-0.1, -0.05) is 0 Å². The van der Waals surface area contributed by atoms with Gasteiger partial charge >= 0.3 is 0 Å². The lowest BCUT2D eigenvalue weighted by Crippen LogP contribution is -2.47. The first-order chi connectivity index (χ1) is 13.2. The maximum absolute atomic E-state index is 6.01. The summed E-state index contributed by atoms with van der Waals surface area (Å²) in [6.07, 6.45) is 2.71. The van der Waals surface area contributed by atoms with E-state index < -0.39 is 0 Å². The van der Waals surface area contributed by atoms with Crippen LogP contribution in [-0.4, -0.2) is 69.5 Å². The van der Waals surface area contributed by atoms with E-state index in [1.165, 1.54) is 19.4 Å². The van der Waals surface area contributed by atoms with E-state index in [4.69, 9.17) is 19.2 Å². The molecule has 0 aromatic heterocycles. The smallest absolute Gasteiger partial charge is 0.195 e. The minimum absolute atomic E-state index is 0.157. The summed E-state index contributed by atoms with van der Waals surface area (Å²) < 4.78 is 17.0. The van der Waals surface area contributed by atoms with Gasteiger partial charge in [0.25, 0.3) is 0 Å². The predicted octanol–water partition coefficient (Wildman–Crippen LogP) is 2.33. The summed E-state index contributed by atoms with van der Waals surface area (Å²) in [5.41, 5.74) is 0.902. The van der Waals surface area contributed by atoms with Gasteiger partial charge in [0, 0.05) is 30.9 Å². The molecule has 1 aromatic rings. The summed E-state index contributed by atoms with van der Waals surface area (Å²) in [5, 5.41) is 6.64. The van der Waals surface area contributed by atoms with E-state index in [9.17, 15) is 0 Å². The SMILES string of the molecule is CCNC(=NCC1CN2CCCC2CO1)Nc1ccc(OCC)c(OC)c1. The van der Waals surface area contributed by atoms with Gasteiger partial charge in [-0.25, -0.2) is 0 Å². The number of guanidine groups is 1.